The van der Waals surface area contributed by atoms with E-state index in [1.54, 1.807) is 0 Å². The minimum atomic E-state index is 0.397. The van der Waals surface area contributed by atoms with Gasteiger partial charge in [-0.3, -0.25) is 0 Å². The molecule has 0 aromatic rings. The molecule has 1 saturated heterocycles. The van der Waals surface area contributed by atoms with Crippen LogP contribution < -0.4 is 0 Å². The van der Waals surface area contributed by atoms with Gasteiger partial charge in [-0.15, -0.1) is 0 Å². The number of allylic oxidation sites excluding steroid dienone is 2. The van der Waals surface area contributed by atoms with Gasteiger partial charge in [0.05, 0.1) is 12.7 Å². The highest BCUT2D eigenvalue weighted by molar-refractivity contribution is 5.98. The smallest absolute Gasteiger partial charge is 0.141 e. The maximum atomic E-state index is 9.31. The quantitative estimate of drug-likeness (QED) is 0.325. The normalized spacial score (nSPS) is 26.3. The van der Waals surface area contributed by atoms with Gasteiger partial charge in [-0.1, -0.05) is 41.2 Å². The largest absolute Gasteiger partial charge is 0.377 e. The molecule has 3 rings (SSSR count). The fraction of sp³-hybridized carbons (Fsp3) is 0.750. The molecule has 2 saturated carbocycles. The molecule has 0 N–H and O–H groups in total. The van der Waals surface area contributed by atoms with Crippen LogP contribution in [0.25, 0.3) is 0 Å². The molecule has 3 unspecified atom stereocenters. The predicted octanol–water partition coefficient (Wildman–Crippen LogP) is 6.11. The number of likely N-dealkylation sites (tertiary alicyclic amines) is 1. The SMILES string of the molecule is C=C(C)C(=NC(C#N)=C(C)C)N1CCC(OCC2(C)CC2)C2CC21.CC.CC. The van der Waals surface area contributed by atoms with Crippen LogP contribution >= 0.6 is 0 Å². The van der Waals surface area contributed by atoms with Gasteiger partial charge in [0.1, 0.15) is 17.6 Å². The van der Waals surface area contributed by atoms with E-state index in [0.717, 1.165) is 36.6 Å². The number of fused-ring (bicyclic) bond motifs is 1. The van der Waals surface area contributed by atoms with Crippen molar-refractivity contribution >= 4 is 5.84 Å². The van der Waals surface area contributed by atoms with Crippen LogP contribution in [-0.2, 0) is 4.74 Å². The summed E-state index contributed by atoms with van der Waals surface area (Å²) in [6.45, 7) is 22.1. The van der Waals surface area contributed by atoms with Gasteiger partial charge in [0.2, 0.25) is 0 Å². The summed E-state index contributed by atoms with van der Waals surface area (Å²) < 4.78 is 6.24. The zero-order valence-corrected chi connectivity index (χ0v) is 19.4. The number of hydrogen-bond acceptors (Lipinski definition) is 3. The molecule has 3 aliphatic rings. The Morgan fingerprint density at radius 2 is 1.82 bits per heavy atom. The van der Waals surface area contributed by atoms with Crippen molar-refractivity contribution in [3.63, 3.8) is 0 Å². The van der Waals surface area contributed by atoms with Crippen molar-refractivity contribution in [2.75, 3.05) is 13.2 Å². The van der Waals surface area contributed by atoms with Crippen LogP contribution in [0.5, 0.6) is 0 Å². The molecule has 4 heteroatoms. The average Bonchev–Trinajstić information content (AvgIpc) is 3.61. The molecule has 0 aromatic carbocycles. The molecule has 28 heavy (non-hydrogen) atoms. The lowest BCUT2D eigenvalue weighted by molar-refractivity contribution is -0.00953. The Hall–Kier alpha value is -1.60. The number of nitrogens with zero attached hydrogens (tertiary/aromatic N) is 3. The Morgan fingerprint density at radius 1 is 1.21 bits per heavy atom. The van der Waals surface area contributed by atoms with E-state index in [1.807, 2.05) is 48.5 Å². The van der Waals surface area contributed by atoms with E-state index in [0.29, 0.717) is 29.2 Å². The molecule has 0 spiro atoms. The number of hydrogen-bond donors (Lipinski definition) is 0. The van der Waals surface area contributed by atoms with Crippen molar-refractivity contribution in [3.05, 3.63) is 23.4 Å². The molecule has 0 radical (unpaired) electrons. The molecule has 3 atom stereocenters. The van der Waals surface area contributed by atoms with Gasteiger partial charge in [-0.25, -0.2) is 4.99 Å². The molecule has 2 aliphatic carbocycles. The van der Waals surface area contributed by atoms with Crippen LogP contribution in [-0.4, -0.2) is 36.0 Å². The van der Waals surface area contributed by atoms with Crippen molar-refractivity contribution in [1.82, 2.24) is 4.90 Å². The first-order chi connectivity index (χ1) is 13.3. The third-order valence-corrected chi connectivity index (χ3v) is 5.54. The molecule has 3 fully saturated rings. The summed E-state index contributed by atoms with van der Waals surface area (Å²) in [5.74, 6) is 1.50. The Morgan fingerprint density at radius 3 is 2.29 bits per heavy atom. The second-order valence-electron chi connectivity index (χ2n) is 8.29. The summed E-state index contributed by atoms with van der Waals surface area (Å²) in [4.78, 5) is 6.99. The molecule has 4 nitrogen and oxygen atoms in total. The van der Waals surface area contributed by atoms with Gasteiger partial charge in [-0.2, -0.15) is 5.26 Å². The standard InChI is InChI=1S/C20H29N3O.2C2H6/c1-13(2)16(11-21)22-19(14(3)4)23-9-6-18(15-10-17(15)23)24-12-20(5)7-8-20;2*1-2/h15,17-18H,3,6-10,12H2,1-2,4-5H3;2*1-2H3. The first-order valence-corrected chi connectivity index (χ1v) is 11.0. The second-order valence-corrected chi connectivity index (χ2v) is 8.29. The fourth-order valence-corrected chi connectivity index (χ4v) is 3.50. The maximum Gasteiger partial charge on any atom is 0.141 e. The Labute approximate surface area is 173 Å². The molecule has 0 amide bonds. The lowest BCUT2D eigenvalue weighted by atomic mass is 10.1. The lowest BCUT2D eigenvalue weighted by Crippen LogP contribution is -2.43. The summed E-state index contributed by atoms with van der Waals surface area (Å²) in [6.07, 6.45) is 5.23. The van der Waals surface area contributed by atoms with E-state index < -0.39 is 0 Å². The van der Waals surface area contributed by atoms with Gasteiger partial charge in [0.25, 0.3) is 0 Å². The Bertz CT molecular complexity index is 633. The molecule has 158 valence electrons. The molecule has 1 aliphatic heterocycles. The zero-order valence-electron chi connectivity index (χ0n) is 19.4. The predicted molar refractivity (Wildman–Crippen MR) is 119 cm³/mol. The van der Waals surface area contributed by atoms with E-state index in [1.165, 1.54) is 19.3 Å². The summed E-state index contributed by atoms with van der Waals surface area (Å²) in [5.41, 5.74) is 2.83. The van der Waals surface area contributed by atoms with Gasteiger partial charge < -0.3 is 9.64 Å². The highest BCUT2D eigenvalue weighted by atomic mass is 16.5. The summed E-state index contributed by atoms with van der Waals surface area (Å²) >= 11 is 0. The number of ether oxygens (including phenoxy) is 1. The van der Waals surface area contributed by atoms with Crippen LogP contribution in [0.4, 0.5) is 0 Å². The third kappa shape index (κ3) is 6.21. The number of rotatable bonds is 5. The summed E-state index contributed by atoms with van der Waals surface area (Å²) in [7, 11) is 0. The monoisotopic (exact) mass is 387 g/mol. The van der Waals surface area contributed by atoms with Crippen molar-refractivity contribution in [2.24, 2.45) is 16.3 Å². The summed E-state index contributed by atoms with van der Waals surface area (Å²) in [5, 5.41) is 9.31. The van der Waals surface area contributed by atoms with E-state index in [4.69, 9.17) is 4.74 Å². The average molecular weight is 388 g/mol. The highest BCUT2D eigenvalue weighted by Gasteiger charge is 2.52. The summed E-state index contributed by atoms with van der Waals surface area (Å²) in [6, 6.07) is 2.71. The van der Waals surface area contributed by atoms with Crippen LogP contribution in [0, 0.1) is 22.7 Å². The van der Waals surface area contributed by atoms with Gasteiger partial charge in [-0.05, 0) is 63.0 Å². The van der Waals surface area contributed by atoms with E-state index >= 15 is 0 Å². The third-order valence-electron chi connectivity index (χ3n) is 5.54. The van der Waals surface area contributed by atoms with Gasteiger partial charge in [0, 0.05) is 18.5 Å². The van der Waals surface area contributed by atoms with Crippen LogP contribution in [0.2, 0.25) is 0 Å². The Balaban J connectivity index is 0.000000921. The van der Waals surface area contributed by atoms with E-state index in [2.05, 4.69) is 29.5 Å². The van der Waals surface area contributed by atoms with Gasteiger partial charge in [0.15, 0.2) is 0 Å². The highest BCUT2D eigenvalue weighted by Crippen LogP contribution is 2.49. The molecule has 0 bridgehead atoms. The Kier molecular flexibility index (Phi) is 9.44. The van der Waals surface area contributed by atoms with Crippen molar-refractivity contribution < 1.29 is 4.74 Å². The number of aliphatic imine (C=N–C) groups is 1. The van der Waals surface area contributed by atoms with Crippen molar-refractivity contribution in [1.29, 1.82) is 5.26 Å². The minimum absolute atomic E-state index is 0.397. The lowest BCUT2D eigenvalue weighted by Gasteiger charge is -2.34. The van der Waals surface area contributed by atoms with Crippen LogP contribution in [0.1, 0.15) is 81.1 Å². The first-order valence-electron chi connectivity index (χ1n) is 11.0. The van der Waals surface area contributed by atoms with Gasteiger partial charge >= 0.3 is 0 Å². The minimum Gasteiger partial charge on any atom is -0.377 e. The molecular formula is C24H41N3O. The number of piperidine rings is 1. The molecular weight excluding hydrogens is 346 g/mol. The first kappa shape index (κ1) is 24.4. The maximum absolute atomic E-state index is 9.31. The molecule has 1 heterocycles. The number of nitriles is 1. The van der Waals surface area contributed by atoms with Crippen molar-refractivity contribution in [3.8, 4) is 6.07 Å². The zero-order chi connectivity index (χ0) is 21.5. The molecule has 0 aromatic heterocycles. The number of amidine groups is 1. The van der Waals surface area contributed by atoms with E-state index in [9.17, 15) is 5.26 Å². The van der Waals surface area contributed by atoms with Crippen LogP contribution in [0.3, 0.4) is 0 Å². The van der Waals surface area contributed by atoms with E-state index in [-0.39, 0.29) is 0 Å². The second kappa shape index (κ2) is 10.8. The van der Waals surface area contributed by atoms with Crippen LogP contribution in [0.15, 0.2) is 28.4 Å². The topological polar surface area (TPSA) is 48.6 Å². The van der Waals surface area contributed by atoms with Crippen molar-refractivity contribution in [2.45, 2.75) is 93.2 Å². The fourth-order valence-electron chi connectivity index (χ4n) is 3.50.